The van der Waals surface area contributed by atoms with E-state index < -0.39 is 0 Å². The zero-order valence-electron chi connectivity index (χ0n) is 10.4. The molecule has 2 rings (SSSR count). The van der Waals surface area contributed by atoms with Crippen molar-refractivity contribution in [3.63, 3.8) is 0 Å². The summed E-state index contributed by atoms with van der Waals surface area (Å²) < 4.78 is 0. The van der Waals surface area contributed by atoms with Gasteiger partial charge < -0.3 is 5.73 Å². The van der Waals surface area contributed by atoms with Crippen LogP contribution in [0.25, 0.3) is 16.7 Å². The van der Waals surface area contributed by atoms with E-state index in [0.29, 0.717) is 6.54 Å². The number of benzene rings is 2. The van der Waals surface area contributed by atoms with Crippen molar-refractivity contribution in [3.05, 3.63) is 65.2 Å². The van der Waals surface area contributed by atoms with Crippen LogP contribution in [0.4, 0.5) is 0 Å². The molecule has 18 heavy (non-hydrogen) atoms. The summed E-state index contributed by atoms with van der Waals surface area (Å²) in [4.78, 5) is 0. The summed E-state index contributed by atoms with van der Waals surface area (Å²) in [5, 5.41) is 0.761. The van der Waals surface area contributed by atoms with Gasteiger partial charge >= 0.3 is 0 Å². The van der Waals surface area contributed by atoms with Crippen LogP contribution < -0.4 is 5.73 Å². The fraction of sp³-hybridized carbons (Fsp3) is 0.125. The van der Waals surface area contributed by atoms with Crippen molar-refractivity contribution in [2.45, 2.75) is 6.92 Å². The Morgan fingerprint density at radius 3 is 2.00 bits per heavy atom. The van der Waals surface area contributed by atoms with Crippen LogP contribution in [-0.4, -0.2) is 6.54 Å². The predicted molar refractivity (Wildman–Crippen MR) is 79.6 cm³/mol. The molecule has 0 aliphatic heterocycles. The minimum absolute atomic E-state index is 0.574. The van der Waals surface area contributed by atoms with Crippen LogP contribution in [0.3, 0.4) is 0 Å². The summed E-state index contributed by atoms with van der Waals surface area (Å²) in [5.41, 5.74) is 10.3. The molecule has 0 bridgehead atoms. The van der Waals surface area contributed by atoms with Crippen molar-refractivity contribution in [1.29, 1.82) is 0 Å². The number of allylic oxidation sites excluding steroid dienone is 1. The minimum Gasteiger partial charge on any atom is -0.327 e. The molecule has 1 nitrogen and oxygen atoms in total. The molecule has 0 spiro atoms. The lowest BCUT2D eigenvalue weighted by atomic mass is 10.0. The van der Waals surface area contributed by atoms with Crippen LogP contribution >= 0.6 is 11.6 Å². The maximum atomic E-state index is 5.88. The van der Waals surface area contributed by atoms with E-state index in [2.05, 4.69) is 31.2 Å². The lowest BCUT2D eigenvalue weighted by molar-refractivity contribution is 1.25. The molecule has 2 N–H and O–H groups in total. The molecule has 0 atom stereocenters. The quantitative estimate of drug-likeness (QED) is 0.868. The Kier molecular flexibility index (Phi) is 4.19. The van der Waals surface area contributed by atoms with Gasteiger partial charge in [-0.25, -0.2) is 0 Å². The summed E-state index contributed by atoms with van der Waals surface area (Å²) in [6.07, 6.45) is 2.03. The molecule has 0 radical (unpaired) electrons. The Morgan fingerprint density at radius 2 is 1.50 bits per heavy atom. The summed E-state index contributed by atoms with van der Waals surface area (Å²) in [7, 11) is 0. The van der Waals surface area contributed by atoms with Gasteiger partial charge in [-0.05, 0) is 41.3 Å². The Morgan fingerprint density at radius 1 is 1.00 bits per heavy atom. The predicted octanol–water partition coefficient (Wildman–Crippen LogP) is 4.37. The van der Waals surface area contributed by atoms with Gasteiger partial charge in [0.2, 0.25) is 0 Å². The highest BCUT2D eigenvalue weighted by Crippen LogP contribution is 2.23. The van der Waals surface area contributed by atoms with Crippen LogP contribution in [-0.2, 0) is 0 Å². The number of rotatable bonds is 3. The molecule has 0 amide bonds. The molecule has 0 aliphatic carbocycles. The molecule has 0 aliphatic rings. The maximum absolute atomic E-state index is 5.88. The fourth-order valence-corrected chi connectivity index (χ4v) is 1.99. The molecule has 0 aromatic heterocycles. The molecule has 2 aromatic rings. The molecule has 0 saturated carbocycles. The van der Waals surface area contributed by atoms with E-state index in [-0.39, 0.29) is 0 Å². The third-order valence-corrected chi connectivity index (χ3v) is 3.19. The lowest BCUT2D eigenvalue weighted by Crippen LogP contribution is -1.94. The molecular weight excluding hydrogens is 242 g/mol. The molecule has 0 fully saturated rings. The first kappa shape index (κ1) is 12.9. The number of nitrogens with two attached hydrogens (primary N) is 1. The van der Waals surface area contributed by atoms with Gasteiger partial charge in [-0.2, -0.15) is 0 Å². The van der Waals surface area contributed by atoms with Gasteiger partial charge in [0.25, 0.3) is 0 Å². The number of hydrogen-bond donors (Lipinski definition) is 1. The maximum Gasteiger partial charge on any atom is 0.0406 e. The van der Waals surface area contributed by atoms with Crippen molar-refractivity contribution < 1.29 is 0 Å². The molecule has 0 saturated heterocycles. The SMILES string of the molecule is CC(=CCN)c1ccc(-c2ccc(Cl)cc2)cc1. The van der Waals surface area contributed by atoms with Crippen LogP contribution in [0.2, 0.25) is 5.02 Å². The standard InChI is InChI=1S/C16H16ClN/c1-12(10-11-18)13-2-4-14(5-3-13)15-6-8-16(17)9-7-15/h2-10H,11,18H2,1H3. The minimum atomic E-state index is 0.574. The van der Waals surface area contributed by atoms with Gasteiger partial charge in [-0.3, -0.25) is 0 Å². The van der Waals surface area contributed by atoms with Crippen LogP contribution in [0.5, 0.6) is 0 Å². The van der Waals surface area contributed by atoms with Crippen molar-refractivity contribution in [2.75, 3.05) is 6.54 Å². The van der Waals surface area contributed by atoms with Gasteiger partial charge in [-0.1, -0.05) is 54.1 Å². The second-order valence-electron chi connectivity index (χ2n) is 4.21. The monoisotopic (exact) mass is 257 g/mol. The second kappa shape index (κ2) is 5.85. The molecular formula is C16H16ClN. The Bertz CT molecular complexity index is 538. The average molecular weight is 258 g/mol. The summed E-state index contributed by atoms with van der Waals surface area (Å²) in [5.74, 6) is 0. The van der Waals surface area contributed by atoms with Crippen molar-refractivity contribution in [1.82, 2.24) is 0 Å². The van der Waals surface area contributed by atoms with E-state index in [9.17, 15) is 0 Å². The van der Waals surface area contributed by atoms with E-state index in [0.717, 1.165) is 5.02 Å². The normalized spacial score (nSPS) is 11.6. The van der Waals surface area contributed by atoms with Gasteiger partial charge in [0.1, 0.15) is 0 Å². The van der Waals surface area contributed by atoms with Crippen molar-refractivity contribution in [2.24, 2.45) is 5.73 Å². The zero-order valence-corrected chi connectivity index (χ0v) is 11.1. The highest BCUT2D eigenvalue weighted by molar-refractivity contribution is 6.30. The topological polar surface area (TPSA) is 26.0 Å². The van der Waals surface area contributed by atoms with E-state index in [1.165, 1.54) is 22.3 Å². The van der Waals surface area contributed by atoms with Crippen LogP contribution in [0.1, 0.15) is 12.5 Å². The third-order valence-electron chi connectivity index (χ3n) is 2.94. The largest absolute Gasteiger partial charge is 0.327 e. The Hall–Kier alpha value is -1.57. The second-order valence-corrected chi connectivity index (χ2v) is 4.64. The van der Waals surface area contributed by atoms with Gasteiger partial charge in [-0.15, -0.1) is 0 Å². The molecule has 2 aromatic carbocycles. The van der Waals surface area contributed by atoms with Gasteiger partial charge in [0.15, 0.2) is 0 Å². The van der Waals surface area contributed by atoms with E-state index in [4.69, 9.17) is 17.3 Å². The Balaban J connectivity index is 2.27. The van der Waals surface area contributed by atoms with Gasteiger partial charge in [0, 0.05) is 11.6 Å². The summed E-state index contributed by atoms with van der Waals surface area (Å²) in [6.45, 7) is 2.65. The molecule has 0 unspecified atom stereocenters. The van der Waals surface area contributed by atoms with E-state index >= 15 is 0 Å². The lowest BCUT2D eigenvalue weighted by Gasteiger charge is -2.05. The smallest absolute Gasteiger partial charge is 0.0406 e. The third kappa shape index (κ3) is 3.00. The average Bonchev–Trinajstić information content (AvgIpc) is 2.40. The number of hydrogen-bond acceptors (Lipinski definition) is 1. The highest BCUT2D eigenvalue weighted by Gasteiger charge is 1.99. The first-order valence-corrected chi connectivity index (χ1v) is 6.31. The fourth-order valence-electron chi connectivity index (χ4n) is 1.86. The first-order chi connectivity index (χ1) is 8.70. The van der Waals surface area contributed by atoms with E-state index in [1.807, 2.05) is 30.3 Å². The van der Waals surface area contributed by atoms with Crippen molar-refractivity contribution >= 4 is 17.2 Å². The van der Waals surface area contributed by atoms with Gasteiger partial charge in [0.05, 0.1) is 0 Å². The highest BCUT2D eigenvalue weighted by atomic mass is 35.5. The van der Waals surface area contributed by atoms with Crippen molar-refractivity contribution in [3.8, 4) is 11.1 Å². The Labute approximate surface area is 113 Å². The van der Waals surface area contributed by atoms with Crippen LogP contribution in [0.15, 0.2) is 54.6 Å². The molecule has 0 heterocycles. The molecule has 2 heteroatoms. The zero-order chi connectivity index (χ0) is 13.0. The number of halogens is 1. The van der Waals surface area contributed by atoms with Crippen LogP contribution in [0, 0.1) is 0 Å². The molecule has 92 valence electrons. The summed E-state index contributed by atoms with van der Waals surface area (Å²) >= 11 is 5.88. The van der Waals surface area contributed by atoms with E-state index in [1.54, 1.807) is 0 Å². The first-order valence-electron chi connectivity index (χ1n) is 5.94. The summed E-state index contributed by atoms with van der Waals surface area (Å²) in [6, 6.07) is 16.3.